The SMILES string of the molecule is Cc1ccc2nc(SCC(=O)C(=N)c3ccc(Oc4cccnc4)cc3NCC(C)(C)O)[nH]c2c1. The van der Waals surface area contributed by atoms with Gasteiger partial charge in [0.2, 0.25) is 0 Å². The first-order chi connectivity index (χ1) is 16.7. The van der Waals surface area contributed by atoms with Gasteiger partial charge in [-0.25, -0.2) is 4.98 Å². The first kappa shape index (κ1) is 24.4. The number of anilines is 1. The number of benzene rings is 2. The van der Waals surface area contributed by atoms with Crippen LogP contribution < -0.4 is 10.1 Å². The van der Waals surface area contributed by atoms with E-state index in [9.17, 15) is 9.90 Å². The Kier molecular flexibility index (Phi) is 7.18. The number of aromatic nitrogens is 3. The Morgan fingerprint density at radius 3 is 2.77 bits per heavy atom. The summed E-state index contributed by atoms with van der Waals surface area (Å²) in [5.74, 6) is 0.819. The molecule has 8 nitrogen and oxygen atoms in total. The summed E-state index contributed by atoms with van der Waals surface area (Å²) in [5, 5.41) is 22.5. The largest absolute Gasteiger partial charge is 0.456 e. The summed E-state index contributed by atoms with van der Waals surface area (Å²) in [6.45, 7) is 5.59. The van der Waals surface area contributed by atoms with Gasteiger partial charge in [0.1, 0.15) is 17.2 Å². The average Bonchev–Trinajstić information content (AvgIpc) is 3.23. The number of carbonyl (C=O) groups excluding carboxylic acids is 1. The van der Waals surface area contributed by atoms with Gasteiger partial charge >= 0.3 is 0 Å². The van der Waals surface area contributed by atoms with Crippen molar-refractivity contribution in [3.8, 4) is 11.5 Å². The van der Waals surface area contributed by atoms with E-state index >= 15 is 0 Å². The van der Waals surface area contributed by atoms with Crippen LogP contribution in [-0.2, 0) is 4.79 Å². The lowest BCUT2D eigenvalue weighted by atomic mass is 10.0. The monoisotopic (exact) mass is 489 g/mol. The van der Waals surface area contributed by atoms with Crippen LogP contribution in [0.3, 0.4) is 0 Å². The number of rotatable bonds is 10. The summed E-state index contributed by atoms with van der Waals surface area (Å²) in [6.07, 6.45) is 3.25. The van der Waals surface area contributed by atoms with Gasteiger partial charge in [-0.05, 0) is 62.7 Å². The first-order valence-corrected chi connectivity index (χ1v) is 12.1. The van der Waals surface area contributed by atoms with E-state index in [1.165, 1.54) is 11.8 Å². The lowest BCUT2D eigenvalue weighted by Crippen LogP contribution is -2.30. The normalized spacial score (nSPS) is 11.4. The summed E-state index contributed by atoms with van der Waals surface area (Å²) in [7, 11) is 0. The van der Waals surface area contributed by atoms with E-state index in [1.807, 2.05) is 25.1 Å². The van der Waals surface area contributed by atoms with E-state index < -0.39 is 5.60 Å². The van der Waals surface area contributed by atoms with Crippen LogP contribution in [0.4, 0.5) is 5.69 Å². The molecule has 0 aliphatic carbocycles. The molecule has 0 atom stereocenters. The number of nitrogens with zero attached hydrogens (tertiary/aromatic N) is 2. The van der Waals surface area contributed by atoms with Crippen LogP contribution in [0.25, 0.3) is 11.0 Å². The third-order valence-electron chi connectivity index (χ3n) is 5.08. The number of H-pyrrole nitrogens is 1. The van der Waals surface area contributed by atoms with Crippen LogP contribution in [0.1, 0.15) is 25.0 Å². The van der Waals surface area contributed by atoms with Crippen molar-refractivity contribution in [2.24, 2.45) is 0 Å². The second-order valence-electron chi connectivity index (χ2n) is 8.81. The van der Waals surface area contributed by atoms with Crippen LogP contribution in [0.2, 0.25) is 0 Å². The minimum atomic E-state index is -0.987. The van der Waals surface area contributed by atoms with Crippen LogP contribution in [0.5, 0.6) is 11.5 Å². The summed E-state index contributed by atoms with van der Waals surface area (Å²) in [6, 6.07) is 14.6. The molecule has 4 N–H and O–H groups in total. The molecule has 4 aromatic rings. The minimum Gasteiger partial charge on any atom is -0.456 e. The maximum Gasteiger partial charge on any atom is 0.191 e. The Morgan fingerprint density at radius 2 is 2.03 bits per heavy atom. The van der Waals surface area contributed by atoms with Gasteiger partial charge in [0.15, 0.2) is 10.9 Å². The maximum absolute atomic E-state index is 12.9. The fourth-order valence-corrected chi connectivity index (χ4v) is 4.09. The van der Waals surface area contributed by atoms with Crippen molar-refractivity contribution in [2.75, 3.05) is 17.6 Å². The summed E-state index contributed by atoms with van der Waals surface area (Å²) in [5.41, 5.74) is 2.71. The van der Waals surface area contributed by atoms with Crippen molar-refractivity contribution in [3.63, 3.8) is 0 Å². The highest BCUT2D eigenvalue weighted by Crippen LogP contribution is 2.28. The zero-order chi connectivity index (χ0) is 25.0. The zero-order valence-corrected chi connectivity index (χ0v) is 20.6. The number of hydrogen-bond donors (Lipinski definition) is 4. The van der Waals surface area contributed by atoms with E-state index in [0.29, 0.717) is 27.9 Å². The lowest BCUT2D eigenvalue weighted by molar-refractivity contribution is -0.110. The summed E-state index contributed by atoms with van der Waals surface area (Å²) in [4.78, 5) is 24.7. The topological polar surface area (TPSA) is 124 Å². The van der Waals surface area contributed by atoms with Gasteiger partial charge in [-0.3, -0.25) is 15.2 Å². The first-order valence-electron chi connectivity index (χ1n) is 11.1. The number of nitrogens with one attached hydrogen (secondary N) is 3. The number of pyridine rings is 1. The number of ketones is 1. The second kappa shape index (κ2) is 10.3. The van der Waals surface area contributed by atoms with Gasteiger partial charge in [0, 0.05) is 30.1 Å². The standard InChI is InChI=1S/C26H27N5O3S/c1-16-6-9-20-22(11-16)31-25(30-20)35-14-23(32)24(27)19-8-7-17(34-18-5-4-10-28-13-18)12-21(19)29-15-26(2,3)33/h4-13,27,29,33H,14-15H2,1-3H3,(H,30,31). The summed E-state index contributed by atoms with van der Waals surface area (Å²) >= 11 is 1.26. The van der Waals surface area contributed by atoms with Crippen molar-refractivity contribution in [2.45, 2.75) is 31.5 Å². The number of ether oxygens (including phenoxy) is 1. The van der Waals surface area contributed by atoms with Crippen LogP contribution >= 0.6 is 11.8 Å². The molecule has 4 rings (SSSR count). The molecule has 0 bridgehead atoms. The van der Waals surface area contributed by atoms with Crippen molar-refractivity contribution >= 4 is 40.0 Å². The molecule has 180 valence electrons. The van der Waals surface area contributed by atoms with Gasteiger partial charge < -0.3 is 20.1 Å². The number of thioether (sulfide) groups is 1. The van der Waals surface area contributed by atoms with Crippen molar-refractivity contribution < 1.29 is 14.6 Å². The van der Waals surface area contributed by atoms with Gasteiger partial charge in [-0.15, -0.1) is 0 Å². The van der Waals surface area contributed by atoms with Gasteiger partial charge in [0.05, 0.1) is 28.6 Å². The van der Waals surface area contributed by atoms with Gasteiger partial charge in [-0.1, -0.05) is 17.8 Å². The molecule has 0 fully saturated rings. The number of fused-ring (bicyclic) bond motifs is 1. The Morgan fingerprint density at radius 1 is 1.20 bits per heavy atom. The van der Waals surface area contributed by atoms with Crippen molar-refractivity contribution in [1.82, 2.24) is 15.0 Å². The molecule has 0 saturated carbocycles. The Bertz CT molecular complexity index is 1360. The Hall–Kier alpha value is -3.69. The molecule has 35 heavy (non-hydrogen) atoms. The number of Topliss-reactive ketones (excluding diaryl/α,β-unsaturated/α-hetero) is 1. The predicted octanol–water partition coefficient (Wildman–Crippen LogP) is 4.97. The van der Waals surface area contributed by atoms with Crippen LogP contribution in [0.15, 0.2) is 66.1 Å². The fraction of sp³-hybridized carbons (Fsp3) is 0.231. The highest BCUT2D eigenvalue weighted by Gasteiger charge is 2.20. The molecule has 0 spiro atoms. The van der Waals surface area contributed by atoms with Gasteiger partial charge in [0.25, 0.3) is 0 Å². The average molecular weight is 490 g/mol. The van der Waals surface area contributed by atoms with E-state index in [-0.39, 0.29) is 23.8 Å². The fourth-order valence-electron chi connectivity index (χ4n) is 3.33. The number of imidazole rings is 1. The molecule has 0 aliphatic rings. The number of aryl methyl sites for hydroxylation is 1. The van der Waals surface area contributed by atoms with Crippen molar-refractivity contribution in [1.29, 1.82) is 5.41 Å². The molecule has 0 unspecified atom stereocenters. The molecule has 2 aromatic carbocycles. The number of hydrogen-bond acceptors (Lipinski definition) is 8. The van der Waals surface area contributed by atoms with Gasteiger partial charge in [-0.2, -0.15) is 0 Å². The smallest absolute Gasteiger partial charge is 0.191 e. The highest BCUT2D eigenvalue weighted by molar-refractivity contribution is 7.99. The molecule has 0 saturated heterocycles. The lowest BCUT2D eigenvalue weighted by Gasteiger charge is -2.21. The van der Waals surface area contributed by atoms with Crippen LogP contribution in [-0.4, -0.2) is 49.5 Å². The zero-order valence-electron chi connectivity index (χ0n) is 19.8. The number of aromatic amines is 1. The molecule has 0 amide bonds. The van der Waals surface area contributed by atoms with E-state index in [0.717, 1.165) is 16.6 Å². The predicted molar refractivity (Wildman–Crippen MR) is 139 cm³/mol. The third-order valence-corrected chi connectivity index (χ3v) is 5.95. The molecule has 2 aromatic heterocycles. The second-order valence-corrected chi connectivity index (χ2v) is 9.78. The Balaban J connectivity index is 1.51. The van der Waals surface area contributed by atoms with E-state index in [2.05, 4.69) is 20.3 Å². The minimum absolute atomic E-state index is 0.0660. The molecular weight excluding hydrogens is 462 g/mol. The third kappa shape index (κ3) is 6.46. The molecule has 0 radical (unpaired) electrons. The number of aliphatic hydroxyl groups is 1. The molecular formula is C26H27N5O3S. The summed E-state index contributed by atoms with van der Waals surface area (Å²) < 4.78 is 5.85. The van der Waals surface area contributed by atoms with E-state index in [4.69, 9.17) is 10.1 Å². The van der Waals surface area contributed by atoms with Crippen LogP contribution in [0, 0.1) is 12.3 Å². The Labute approximate surface area is 207 Å². The quantitative estimate of drug-likeness (QED) is 0.183. The maximum atomic E-state index is 12.9. The van der Waals surface area contributed by atoms with E-state index in [1.54, 1.807) is 56.6 Å². The molecule has 9 heteroatoms. The highest BCUT2D eigenvalue weighted by atomic mass is 32.2. The molecule has 2 heterocycles. The van der Waals surface area contributed by atoms with Crippen molar-refractivity contribution in [3.05, 3.63) is 72.1 Å². The number of carbonyl (C=O) groups is 1. The molecule has 0 aliphatic heterocycles.